The zero-order valence-electron chi connectivity index (χ0n) is 13.1. The maximum atomic E-state index is 13.4. The van der Waals surface area contributed by atoms with E-state index in [1.54, 1.807) is 41.2 Å². The normalized spacial score (nSPS) is 10.9. The number of benzene rings is 2. The molecule has 0 radical (unpaired) electrons. The highest BCUT2D eigenvalue weighted by Crippen LogP contribution is 2.24. The van der Waals surface area contributed by atoms with Crippen LogP contribution < -0.4 is 5.73 Å². The standard InChI is InChI=1S/C19H13FN4O/c20-16-6-2-3-12(8-16)15-9-18-22-11-17(24(18)23-10-15)13-4-1-5-14(7-13)19(21)25/h1-11H,(H2,21,25). The first-order valence-electron chi connectivity index (χ1n) is 7.62. The van der Waals surface area contributed by atoms with Gasteiger partial charge in [-0.05, 0) is 35.9 Å². The lowest BCUT2D eigenvalue weighted by molar-refractivity contribution is 0.100. The number of carbonyl (C=O) groups is 1. The van der Waals surface area contributed by atoms with Gasteiger partial charge in [0.25, 0.3) is 0 Å². The molecule has 0 saturated carbocycles. The molecule has 122 valence electrons. The van der Waals surface area contributed by atoms with Crippen molar-refractivity contribution in [3.8, 4) is 22.4 Å². The third-order valence-corrected chi connectivity index (χ3v) is 3.96. The molecule has 0 aliphatic carbocycles. The number of imidazole rings is 1. The highest BCUT2D eigenvalue weighted by atomic mass is 19.1. The highest BCUT2D eigenvalue weighted by molar-refractivity contribution is 5.94. The van der Waals surface area contributed by atoms with Crippen molar-refractivity contribution in [1.29, 1.82) is 0 Å². The summed E-state index contributed by atoms with van der Waals surface area (Å²) in [6.07, 6.45) is 3.34. The Morgan fingerprint density at radius 2 is 1.76 bits per heavy atom. The molecule has 0 aliphatic heterocycles. The van der Waals surface area contributed by atoms with E-state index in [-0.39, 0.29) is 5.82 Å². The summed E-state index contributed by atoms with van der Waals surface area (Å²) in [5.41, 5.74) is 9.42. The van der Waals surface area contributed by atoms with Crippen LogP contribution in [0.1, 0.15) is 10.4 Å². The molecule has 0 unspecified atom stereocenters. The van der Waals surface area contributed by atoms with Gasteiger partial charge in [0.2, 0.25) is 5.91 Å². The summed E-state index contributed by atoms with van der Waals surface area (Å²) < 4.78 is 15.1. The van der Waals surface area contributed by atoms with E-state index in [2.05, 4.69) is 10.1 Å². The quantitative estimate of drug-likeness (QED) is 0.625. The number of carbonyl (C=O) groups excluding carboxylic acids is 1. The second-order valence-corrected chi connectivity index (χ2v) is 5.61. The summed E-state index contributed by atoms with van der Waals surface area (Å²) in [5, 5.41) is 4.41. The van der Waals surface area contributed by atoms with E-state index in [4.69, 9.17) is 5.73 Å². The molecule has 25 heavy (non-hydrogen) atoms. The zero-order valence-corrected chi connectivity index (χ0v) is 13.1. The smallest absolute Gasteiger partial charge is 0.248 e. The van der Waals surface area contributed by atoms with Crippen molar-refractivity contribution in [1.82, 2.24) is 14.6 Å². The first-order valence-corrected chi connectivity index (χ1v) is 7.62. The topological polar surface area (TPSA) is 73.3 Å². The number of aromatic nitrogens is 3. The second-order valence-electron chi connectivity index (χ2n) is 5.61. The predicted molar refractivity (Wildman–Crippen MR) is 92.3 cm³/mol. The van der Waals surface area contributed by atoms with Crippen LogP contribution in [0.25, 0.3) is 28.0 Å². The van der Waals surface area contributed by atoms with E-state index in [9.17, 15) is 9.18 Å². The Balaban J connectivity index is 1.81. The molecule has 2 N–H and O–H groups in total. The van der Waals surface area contributed by atoms with E-state index in [1.807, 2.05) is 18.2 Å². The Hall–Kier alpha value is -3.54. The Morgan fingerprint density at radius 1 is 0.960 bits per heavy atom. The van der Waals surface area contributed by atoms with Crippen LogP contribution in [0.15, 0.2) is 67.0 Å². The molecular formula is C19H13FN4O. The number of halogens is 1. The van der Waals surface area contributed by atoms with Gasteiger partial charge in [-0.15, -0.1) is 0 Å². The van der Waals surface area contributed by atoms with Gasteiger partial charge in [-0.2, -0.15) is 5.10 Å². The summed E-state index contributed by atoms with van der Waals surface area (Å²) in [6, 6.07) is 15.1. The van der Waals surface area contributed by atoms with E-state index in [1.165, 1.54) is 12.1 Å². The molecule has 0 bridgehead atoms. The number of amides is 1. The summed E-state index contributed by atoms with van der Waals surface area (Å²) >= 11 is 0. The maximum absolute atomic E-state index is 13.4. The van der Waals surface area contributed by atoms with Gasteiger partial charge in [-0.25, -0.2) is 13.9 Å². The molecule has 4 aromatic rings. The van der Waals surface area contributed by atoms with Crippen LogP contribution in [-0.4, -0.2) is 20.5 Å². The van der Waals surface area contributed by atoms with Crippen molar-refractivity contribution >= 4 is 11.6 Å². The number of rotatable bonds is 3. The monoisotopic (exact) mass is 332 g/mol. The first kappa shape index (κ1) is 15.0. The van der Waals surface area contributed by atoms with Gasteiger partial charge in [-0.1, -0.05) is 24.3 Å². The number of primary amides is 1. The number of hydrogen-bond donors (Lipinski definition) is 1. The van der Waals surface area contributed by atoms with Gasteiger partial charge in [0.05, 0.1) is 18.1 Å². The van der Waals surface area contributed by atoms with E-state index >= 15 is 0 Å². The van der Waals surface area contributed by atoms with Gasteiger partial charge in [0.15, 0.2) is 5.65 Å². The van der Waals surface area contributed by atoms with Gasteiger partial charge in [0, 0.05) is 16.7 Å². The highest BCUT2D eigenvalue weighted by Gasteiger charge is 2.10. The van der Waals surface area contributed by atoms with Crippen molar-refractivity contribution in [2.75, 3.05) is 0 Å². The van der Waals surface area contributed by atoms with E-state index < -0.39 is 5.91 Å². The lowest BCUT2D eigenvalue weighted by Gasteiger charge is -2.05. The third-order valence-electron chi connectivity index (χ3n) is 3.96. The van der Waals surface area contributed by atoms with E-state index in [0.717, 1.165) is 22.4 Å². The van der Waals surface area contributed by atoms with Gasteiger partial charge in [-0.3, -0.25) is 4.79 Å². The lowest BCUT2D eigenvalue weighted by Crippen LogP contribution is -2.10. The predicted octanol–water partition coefficient (Wildman–Crippen LogP) is 3.30. The Labute approximate surface area is 142 Å². The minimum absolute atomic E-state index is 0.301. The number of nitrogens with zero attached hydrogens (tertiary/aromatic N) is 3. The number of nitrogens with two attached hydrogens (primary N) is 1. The molecule has 2 aromatic heterocycles. The summed E-state index contributed by atoms with van der Waals surface area (Å²) in [4.78, 5) is 15.7. The fourth-order valence-electron chi connectivity index (χ4n) is 2.73. The Kier molecular flexibility index (Phi) is 3.50. The molecule has 0 spiro atoms. The van der Waals surface area contributed by atoms with Crippen molar-refractivity contribution in [3.05, 3.63) is 78.4 Å². The van der Waals surface area contributed by atoms with Crippen LogP contribution in [0.2, 0.25) is 0 Å². The molecule has 0 saturated heterocycles. The molecule has 6 heteroatoms. The molecule has 2 aromatic carbocycles. The minimum atomic E-state index is -0.489. The fraction of sp³-hybridized carbons (Fsp3) is 0. The van der Waals surface area contributed by atoms with Crippen LogP contribution >= 0.6 is 0 Å². The maximum Gasteiger partial charge on any atom is 0.248 e. The third kappa shape index (κ3) is 2.74. The van der Waals surface area contributed by atoms with E-state index in [0.29, 0.717) is 11.2 Å². The molecule has 0 atom stereocenters. The van der Waals surface area contributed by atoms with Crippen molar-refractivity contribution < 1.29 is 9.18 Å². The molecule has 5 nitrogen and oxygen atoms in total. The summed E-state index contributed by atoms with van der Waals surface area (Å²) in [6.45, 7) is 0. The average Bonchev–Trinajstić information content (AvgIpc) is 3.05. The number of hydrogen-bond acceptors (Lipinski definition) is 3. The SMILES string of the molecule is NC(=O)c1cccc(-c2cnc3cc(-c4cccc(F)c4)cnn23)c1. The molecule has 4 rings (SSSR count). The molecular weight excluding hydrogens is 319 g/mol. The molecule has 0 fully saturated rings. The molecule has 2 heterocycles. The van der Waals surface area contributed by atoms with Crippen LogP contribution in [0.4, 0.5) is 4.39 Å². The zero-order chi connectivity index (χ0) is 17.4. The van der Waals surface area contributed by atoms with Gasteiger partial charge in [0.1, 0.15) is 5.82 Å². The average molecular weight is 332 g/mol. The molecule has 1 amide bonds. The van der Waals surface area contributed by atoms with Crippen molar-refractivity contribution in [3.63, 3.8) is 0 Å². The Morgan fingerprint density at radius 3 is 2.56 bits per heavy atom. The van der Waals surface area contributed by atoms with Crippen molar-refractivity contribution in [2.45, 2.75) is 0 Å². The van der Waals surface area contributed by atoms with Crippen molar-refractivity contribution in [2.24, 2.45) is 5.73 Å². The fourth-order valence-corrected chi connectivity index (χ4v) is 2.73. The molecule has 0 aliphatic rings. The van der Waals surface area contributed by atoms with Crippen LogP contribution in [0.5, 0.6) is 0 Å². The van der Waals surface area contributed by atoms with Crippen LogP contribution in [-0.2, 0) is 0 Å². The minimum Gasteiger partial charge on any atom is -0.366 e. The number of fused-ring (bicyclic) bond motifs is 1. The second kappa shape index (κ2) is 5.83. The van der Waals surface area contributed by atoms with Crippen LogP contribution in [0.3, 0.4) is 0 Å². The van der Waals surface area contributed by atoms with Crippen LogP contribution in [0, 0.1) is 5.82 Å². The Bertz CT molecular complexity index is 1100. The lowest BCUT2D eigenvalue weighted by atomic mass is 10.1. The van der Waals surface area contributed by atoms with Gasteiger partial charge >= 0.3 is 0 Å². The summed E-state index contributed by atoms with van der Waals surface area (Å²) in [7, 11) is 0. The summed E-state index contributed by atoms with van der Waals surface area (Å²) in [5.74, 6) is -0.790. The largest absolute Gasteiger partial charge is 0.366 e. The first-order chi connectivity index (χ1) is 12.1. The van der Waals surface area contributed by atoms with Gasteiger partial charge < -0.3 is 5.73 Å².